The first-order chi connectivity index (χ1) is 11.2. The topological polar surface area (TPSA) is 70.7 Å². The first-order valence-electron chi connectivity index (χ1n) is 7.48. The Morgan fingerprint density at radius 1 is 1.30 bits per heavy atom. The van der Waals surface area contributed by atoms with Crippen molar-refractivity contribution in [2.45, 2.75) is 19.8 Å². The number of carbonyl (C=O) groups is 1. The van der Waals surface area contributed by atoms with E-state index in [0.29, 0.717) is 12.2 Å². The van der Waals surface area contributed by atoms with Crippen molar-refractivity contribution in [2.24, 2.45) is 0 Å². The number of nitrogens with zero attached hydrogens (tertiary/aromatic N) is 2. The first kappa shape index (κ1) is 15.4. The highest BCUT2D eigenvalue weighted by molar-refractivity contribution is 7.11. The van der Waals surface area contributed by atoms with Crippen molar-refractivity contribution in [3.63, 3.8) is 0 Å². The fraction of sp³-hybridized carbons (Fsp3) is 0.235. The molecular formula is C17H18N4OS. The highest BCUT2D eigenvalue weighted by atomic mass is 32.1. The molecule has 2 aromatic heterocycles. The number of amides is 1. The van der Waals surface area contributed by atoms with E-state index in [1.165, 1.54) is 5.56 Å². The third-order valence-corrected chi connectivity index (χ3v) is 4.43. The number of rotatable bonds is 6. The third kappa shape index (κ3) is 4.04. The highest BCUT2D eigenvalue weighted by Gasteiger charge is 2.16. The maximum absolute atomic E-state index is 12.4. The van der Waals surface area contributed by atoms with Gasteiger partial charge in [-0.3, -0.25) is 4.79 Å². The molecule has 0 saturated heterocycles. The monoisotopic (exact) mass is 326 g/mol. The van der Waals surface area contributed by atoms with E-state index in [2.05, 4.69) is 32.4 Å². The largest absolute Gasteiger partial charge is 0.350 e. The van der Waals surface area contributed by atoms with Crippen molar-refractivity contribution in [3.8, 4) is 0 Å². The van der Waals surface area contributed by atoms with Gasteiger partial charge in [-0.1, -0.05) is 30.3 Å². The maximum Gasteiger partial charge on any atom is 0.271 e. The van der Waals surface area contributed by atoms with Gasteiger partial charge in [-0.05, 0) is 12.5 Å². The van der Waals surface area contributed by atoms with Crippen LogP contribution in [0.5, 0.6) is 0 Å². The molecule has 0 spiro atoms. The molecule has 1 amide bonds. The van der Waals surface area contributed by atoms with Crippen LogP contribution in [0.3, 0.4) is 0 Å². The number of H-pyrrole nitrogens is 1. The Labute approximate surface area is 138 Å². The minimum atomic E-state index is -0.111. The van der Waals surface area contributed by atoms with E-state index >= 15 is 0 Å². The normalized spacial score (nSPS) is 10.7. The second kappa shape index (κ2) is 7.19. The molecule has 0 unspecified atom stereocenters. The number of imidazole rings is 1. The molecule has 0 aliphatic carbocycles. The minimum Gasteiger partial charge on any atom is -0.350 e. The number of benzene rings is 1. The number of aromatic nitrogens is 3. The van der Waals surface area contributed by atoms with Crippen LogP contribution in [-0.2, 0) is 12.8 Å². The van der Waals surface area contributed by atoms with E-state index < -0.39 is 0 Å². The second-order valence-electron chi connectivity index (χ2n) is 5.25. The molecule has 0 saturated carbocycles. The Balaban J connectivity index is 1.65. The van der Waals surface area contributed by atoms with Crippen molar-refractivity contribution in [1.29, 1.82) is 0 Å². The predicted octanol–water partition coefficient (Wildman–Crippen LogP) is 2.74. The summed E-state index contributed by atoms with van der Waals surface area (Å²) in [5, 5.41) is 3.85. The Morgan fingerprint density at radius 2 is 2.13 bits per heavy atom. The van der Waals surface area contributed by atoms with Crippen LogP contribution in [0.15, 0.2) is 42.9 Å². The summed E-state index contributed by atoms with van der Waals surface area (Å²) >= 11 is 1.58. The molecule has 6 heteroatoms. The molecular weight excluding hydrogens is 308 g/mol. The standard InChI is InChI=1S/C17H18N4OS/c1-12-21-16(15(23-12)9-13-5-3-2-4-6-13)17(22)19-8-7-14-10-18-11-20-14/h2-6,10-11H,7-9H2,1H3,(H,18,20)(H,19,22). The van der Waals surface area contributed by atoms with Gasteiger partial charge in [0, 0.05) is 36.2 Å². The van der Waals surface area contributed by atoms with Gasteiger partial charge in [-0.2, -0.15) is 0 Å². The Bertz CT molecular complexity index is 765. The molecule has 0 atom stereocenters. The van der Waals surface area contributed by atoms with Gasteiger partial charge in [0.1, 0.15) is 5.69 Å². The predicted molar refractivity (Wildman–Crippen MR) is 90.7 cm³/mol. The summed E-state index contributed by atoms with van der Waals surface area (Å²) < 4.78 is 0. The number of aryl methyl sites for hydroxylation is 1. The zero-order valence-electron chi connectivity index (χ0n) is 12.9. The lowest BCUT2D eigenvalue weighted by atomic mass is 10.1. The number of carbonyl (C=O) groups excluding carboxylic acids is 1. The molecule has 0 aliphatic rings. The van der Waals surface area contributed by atoms with Gasteiger partial charge in [0.05, 0.1) is 11.3 Å². The summed E-state index contributed by atoms with van der Waals surface area (Å²) in [5.41, 5.74) is 2.73. The zero-order chi connectivity index (χ0) is 16.1. The molecule has 0 bridgehead atoms. The number of thiazole rings is 1. The van der Waals surface area contributed by atoms with E-state index in [9.17, 15) is 4.79 Å². The summed E-state index contributed by atoms with van der Waals surface area (Å²) in [6.07, 6.45) is 4.86. The smallest absolute Gasteiger partial charge is 0.271 e. The maximum atomic E-state index is 12.4. The summed E-state index contributed by atoms with van der Waals surface area (Å²) in [5.74, 6) is -0.111. The van der Waals surface area contributed by atoms with Crippen LogP contribution in [-0.4, -0.2) is 27.4 Å². The lowest BCUT2D eigenvalue weighted by Crippen LogP contribution is -2.27. The average Bonchev–Trinajstić information content (AvgIpc) is 3.18. The molecule has 0 fully saturated rings. The quantitative estimate of drug-likeness (QED) is 0.732. The van der Waals surface area contributed by atoms with E-state index in [1.807, 2.05) is 25.1 Å². The molecule has 23 heavy (non-hydrogen) atoms. The molecule has 5 nitrogen and oxygen atoms in total. The molecule has 3 rings (SSSR count). The van der Waals surface area contributed by atoms with E-state index in [-0.39, 0.29) is 5.91 Å². The van der Waals surface area contributed by atoms with Crippen LogP contribution in [0.2, 0.25) is 0 Å². The zero-order valence-corrected chi connectivity index (χ0v) is 13.7. The number of hydrogen-bond acceptors (Lipinski definition) is 4. The van der Waals surface area contributed by atoms with Crippen LogP contribution in [0.1, 0.15) is 31.6 Å². The summed E-state index contributed by atoms with van der Waals surface area (Å²) in [4.78, 5) is 24.8. The van der Waals surface area contributed by atoms with Crippen molar-refractivity contribution in [3.05, 3.63) is 69.7 Å². The fourth-order valence-electron chi connectivity index (χ4n) is 2.36. The highest BCUT2D eigenvalue weighted by Crippen LogP contribution is 2.21. The van der Waals surface area contributed by atoms with Crippen LogP contribution in [0.25, 0.3) is 0 Å². The van der Waals surface area contributed by atoms with Crippen LogP contribution < -0.4 is 5.32 Å². The van der Waals surface area contributed by atoms with Gasteiger partial charge in [0.15, 0.2) is 0 Å². The average molecular weight is 326 g/mol. The third-order valence-electron chi connectivity index (χ3n) is 3.46. The molecule has 0 radical (unpaired) electrons. The van der Waals surface area contributed by atoms with Crippen molar-refractivity contribution in [2.75, 3.05) is 6.54 Å². The van der Waals surface area contributed by atoms with Gasteiger partial charge in [0.25, 0.3) is 5.91 Å². The number of aromatic amines is 1. The molecule has 3 aromatic rings. The van der Waals surface area contributed by atoms with Crippen LogP contribution in [0, 0.1) is 6.92 Å². The number of nitrogens with one attached hydrogen (secondary N) is 2. The number of hydrogen-bond donors (Lipinski definition) is 2. The molecule has 0 aliphatic heterocycles. The van der Waals surface area contributed by atoms with Gasteiger partial charge < -0.3 is 10.3 Å². The van der Waals surface area contributed by atoms with Crippen LogP contribution >= 0.6 is 11.3 Å². The van der Waals surface area contributed by atoms with Gasteiger partial charge in [-0.15, -0.1) is 11.3 Å². The SMILES string of the molecule is Cc1nc(C(=O)NCCc2cnc[nH]2)c(Cc2ccccc2)s1. The van der Waals surface area contributed by atoms with Gasteiger partial charge >= 0.3 is 0 Å². The Kier molecular flexibility index (Phi) is 4.83. The van der Waals surface area contributed by atoms with Crippen molar-refractivity contribution in [1.82, 2.24) is 20.3 Å². The minimum absolute atomic E-state index is 0.111. The second-order valence-corrected chi connectivity index (χ2v) is 6.54. The molecule has 1 aromatic carbocycles. The summed E-state index contributed by atoms with van der Waals surface area (Å²) in [6, 6.07) is 10.1. The van der Waals surface area contributed by atoms with Gasteiger partial charge in [-0.25, -0.2) is 9.97 Å². The van der Waals surface area contributed by atoms with E-state index in [1.54, 1.807) is 23.9 Å². The first-order valence-corrected chi connectivity index (χ1v) is 8.29. The summed E-state index contributed by atoms with van der Waals surface area (Å²) in [6.45, 7) is 2.49. The Morgan fingerprint density at radius 3 is 2.87 bits per heavy atom. The van der Waals surface area contributed by atoms with Crippen LogP contribution in [0.4, 0.5) is 0 Å². The molecule has 118 valence electrons. The lowest BCUT2D eigenvalue weighted by Gasteiger charge is -2.05. The van der Waals surface area contributed by atoms with E-state index in [4.69, 9.17) is 0 Å². The van der Waals surface area contributed by atoms with Crippen molar-refractivity contribution < 1.29 is 4.79 Å². The Hall–Kier alpha value is -2.47. The van der Waals surface area contributed by atoms with Gasteiger partial charge in [0.2, 0.25) is 0 Å². The van der Waals surface area contributed by atoms with E-state index in [0.717, 1.165) is 28.4 Å². The lowest BCUT2D eigenvalue weighted by molar-refractivity contribution is 0.0949. The molecule has 2 heterocycles. The summed E-state index contributed by atoms with van der Waals surface area (Å²) in [7, 11) is 0. The van der Waals surface area contributed by atoms with Crippen molar-refractivity contribution >= 4 is 17.2 Å². The fourth-order valence-corrected chi connectivity index (χ4v) is 3.33. The molecule has 2 N–H and O–H groups in total.